The summed E-state index contributed by atoms with van der Waals surface area (Å²) in [5, 5.41) is 0. The van der Waals surface area contributed by atoms with Crippen LogP contribution in [-0.4, -0.2) is 22.6 Å². The molecule has 0 saturated heterocycles. The van der Waals surface area contributed by atoms with Crippen molar-refractivity contribution in [2.75, 3.05) is 4.90 Å². The van der Waals surface area contributed by atoms with Crippen LogP contribution in [0.5, 0.6) is 0 Å². The number of oxazole rings is 1. The molecular formula is C17H20N6O. The fourth-order valence-electron chi connectivity index (χ4n) is 3.68. The van der Waals surface area contributed by atoms with Gasteiger partial charge in [0, 0.05) is 0 Å². The Kier molecular flexibility index (Phi) is 3.48. The first-order chi connectivity index (χ1) is 11.7. The Morgan fingerprint density at radius 2 is 1.88 bits per heavy atom. The van der Waals surface area contributed by atoms with Crippen LogP contribution in [-0.2, 0) is 0 Å². The van der Waals surface area contributed by atoms with Gasteiger partial charge in [-0.05, 0) is 37.8 Å². The Morgan fingerprint density at radius 3 is 2.62 bits per heavy atom. The first-order valence-electron chi connectivity index (χ1n) is 8.18. The van der Waals surface area contributed by atoms with Crippen molar-refractivity contribution >= 4 is 17.6 Å². The Labute approximate surface area is 140 Å². The summed E-state index contributed by atoms with van der Waals surface area (Å²) in [5.41, 5.74) is 13.5. The number of anilines is 1. The van der Waals surface area contributed by atoms with Crippen LogP contribution in [0.2, 0.25) is 0 Å². The fourth-order valence-corrected chi connectivity index (χ4v) is 3.68. The lowest BCUT2D eigenvalue weighted by Crippen LogP contribution is -2.58. The predicted octanol–water partition coefficient (Wildman–Crippen LogP) is 2.45. The molecule has 1 aromatic carbocycles. The van der Waals surface area contributed by atoms with E-state index in [1.54, 1.807) is 12.5 Å². The molecule has 4 rings (SSSR count). The number of aromatic nitrogens is 1. The molecule has 0 amide bonds. The van der Waals surface area contributed by atoms with Gasteiger partial charge in [-0.15, -0.1) is 0 Å². The topological polar surface area (TPSA) is 106 Å². The van der Waals surface area contributed by atoms with E-state index in [0.29, 0.717) is 11.9 Å². The molecule has 2 heterocycles. The summed E-state index contributed by atoms with van der Waals surface area (Å²) < 4.78 is 5.50. The van der Waals surface area contributed by atoms with Gasteiger partial charge >= 0.3 is 0 Å². The number of aliphatic imine (C=N–C) groups is 2. The predicted molar refractivity (Wildman–Crippen MR) is 93.5 cm³/mol. The van der Waals surface area contributed by atoms with Gasteiger partial charge in [-0.1, -0.05) is 18.6 Å². The van der Waals surface area contributed by atoms with E-state index in [9.17, 15) is 0 Å². The van der Waals surface area contributed by atoms with Gasteiger partial charge in [-0.3, -0.25) is 4.90 Å². The lowest BCUT2D eigenvalue weighted by molar-refractivity contribution is 0.305. The summed E-state index contributed by atoms with van der Waals surface area (Å²) in [6.45, 7) is 0. The molecule has 1 fully saturated rings. The smallest absolute Gasteiger partial charge is 0.227 e. The summed E-state index contributed by atoms with van der Waals surface area (Å²) >= 11 is 0. The van der Waals surface area contributed by atoms with E-state index in [1.165, 1.54) is 6.42 Å². The molecule has 1 aliphatic heterocycles. The van der Waals surface area contributed by atoms with Crippen molar-refractivity contribution in [1.29, 1.82) is 0 Å². The molecule has 7 nitrogen and oxygen atoms in total. The van der Waals surface area contributed by atoms with Crippen molar-refractivity contribution in [3.8, 4) is 11.5 Å². The maximum absolute atomic E-state index is 6.29. The molecule has 0 atom stereocenters. The SMILES string of the molecule is NC1=NC2(CCCCC2)N(c2ccccc2-c2ncco2)C(N)=N1. The second-order valence-corrected chi connectivity index (χ2v) is 6.17. The number of hydrogen-bond acceptors (Lipinski definition) is 7. The lowest BCUT2D eigenvalue weighted by atomic mass is 9.87. The molecule has 124 valence electrons. The summed E-state index contributed by atoms with van der Waals surface area (Å²) in [4.78, 5) is 15.2. The zero-order valence-corrected chi connectivity index (χ0v) is 13.4. The second kappa shape index (κ2) is 5.67. The minimum absolute atomic E-state index is 0.249. The van der Waals surface area contributed by atoms with Gasteiger partial charge in [0.25, 0.3) is 0 Å². The quantitative estimate of drug-likeness (QED) is 0.882. The zero-order valence-electron chi connectivity index (χ0n) is 13.4. The van der Waals surface area contributed by atoms with Gasteiger partial charge in [-0.2, -0.15) is 4.99 Å². The van der Waals surface area contributed by atoms with Crippen molar-refractivity contribution in [2.24, 2.45) is 21.5 Å². The highest BCUT2D eigenvalue weighted by Crippen LogP contribution is 2.42. The molecule has 1 saturated carbocycles. The second-order valence-electron chi connectivity index (χ2n) is 6.17. The van der Waals surface area contributed by atoms with E-state index in [2.05, 4.69) is 9.98 Å². The van der Waals surface area contributed by atoms with Crippen molar-refractivity contribution < 1.29 is 4.42 Å². The van der Waals surface area contributed by atoms with E-state index in [1.807, 2.05) is 29.2 Å². The van der Waals surface area contributed by atoms with Crippen molar-refractivity contribution in [2.45, 2.75) is 37.8 Å². The minimum atomic E-state index is -0.475. The first-order valence-corrected chi connectivity index (χ1v) is 8.18. The number of para-hydroxylation sites is 1. The average Bonchev–Trinajstić information content (AvgIpc) is 3.09. The highest BCUT2D eigenvalue weighted by atomic mass is 16.3. The van der Waals surface area contributed by atoms with Crippen LogP contribution >= 0.6 is 0 Å². The van der Waals surface area contributed by atoms with Crippen molar-refractivity contribution in [1.82, 2.24) is 4.98 Å². The van der Waals surface area contributed by atoms with E-state index in [0.717, 1.165) is 36.9 Å². The Bertz CT molecular complexity index is 789. The zero-order chi connectivity index (χ0) is 16.6. The largest absolute Gasteiger partial charge is 0.444 e. The number of nitrogens with zero attached hydrogens (tertiary/aromatic N) is 4. The number of rotatable bonds is 2. The van der Waals surface area contributed by atoms with Crippen molar-refractivity contribution in [3.05, 3.63) is 36.7 Å². The first kappa shape index (κ1) is 14.7. The van der Waals surface area contributed by atoms with Gasteiger partial charge in [0.2, 0.25) is 17.8 Å². The van der Waals surface area contributed by atoms with Gasteiger partial charge in [0.15, 0.2) is 0 Å². The molecule has 2 aliphatic rings. The molecule has 1 aromatic heterocycles. The summed E-state index contributed by atoms with van der Waals surface area (Å²) in [7, 11) is 0. The van der Waals surface area contributed by atoms with Gasteiger partial charge < -0.3 is 15.9 Å². The molecule has 24 heavy (non-hydrogen) atoms. The maximum atomic E-state index is 6.29. The van der Waals surface area contributed by atoms with E-state index in [-0.39, 0.29) is 5.96 Å². The molecule has 0 bridgehead atoms. The molecule has 7 heteroatoms. The number of hydrogen-bond donors (Lipinski definition) is 2. The average molecular weight is 324 g/mol. The van der Waals surface area contributed by atoms with Crippen LogP contribution in [0.4, 0.5) is 5.69 Å². The Morgan fingerprint density at radius 1 is 1.08 bits per heavy atom. The van der Waals surface area contributed by atoms with Crippen LogP contribution < -0.4 is 16.4 Å². The van der Waals surface area contributed by atoms with Crippen LogP contribution in [0.1, 0.15) is 32.1 Å². The minimum Gasteiger partial charge on any atom is -0.444 e. The Balaban J connectivity index is 1.87. The number of nitrogens with two attached hydrogens (primary N) is 2. The molecule has 0 unspecified atom stereocenters. The number of guanidine groups is 2. The molecule has 1 spiro atoms. The van der Waals surface area contributed by atoms with E-state index < -0.39 is 5.66 Å². The van der Waals surface area contributed by atoms with Crippen LogP contribution in [0, 0.1) is 0 Å². The van der Waals surface area contributed by atoms with Gasteiger partial charge in [0.1, 0.15) is 11.9 Å². The summed E-state index contributed by atoms with van der Waals surface area (Å²) in [6, 6.07) is 7.88. The molecular weight excluding hydrogens is 304 g/mol. The molecule has 1 aliphatic carbocycles. The van der Waals surface area contributed by atoms with Gasteiger partial charge in [0.05, 0.1) is 17.4 Å². The normalized spacial score (nSPS) is 19.9. The molecule has 4 N–H and O–H groups in total. The third kappa shape index (κ3) is 2.33. The van der Waals surface area contributed by atoms with Gasteiger partial charge in [-0.25, -0.2) is 9.98 Å². The van der Waals surface area contributed by atoms with E-state index >= 15 is 0 Å². The lowest BCUT2D eigenvalue weighted by Gasteiger charge is -2.46. The fraction of sp³-hybridized carbons (Fsp3) is 0.353. The summed E-state index contributed by atoms with van der Waals surface area (Å²) in [6.07, 6.45) is 8.35. The Hall–Kier alpha value is -2.83. The van der Waals surface area contributed by atoms with Crippen molar-refractivity contribution in [3.63, 3.8) is 0 Å². The number of benzene rings is 1. The van der Waals surface area contributed by atoms with Crippen LogP contribution in [0.3, 0.4) is 0 Å². The van der Waals surface area contributed by atoms with Crippen LogP contribution in [0.25, 0.3) is 11.5 Å². The van der Waals surface area contributed by atoms with E-state index in [4.69, 9.17) is 20.9 Å². The van der Waals surface area contributed by atoms with Crippen LogP contribution in [0.15, 0.2) is 51.1 Å². The highest BCUT2D eigenvalue weighted by molar-refractivity contribution is 6.07. The summed E-state index contributed by atoms with van der Waals surface area (Å²) in [5.74, 6) is 1.16. The highest BCUT2D eigenvalue weighted by Gasteiger charge is 2.43. The third-order valence-corrected chi connectivity index (χ3v) is 4.66. The molecule has 2 aromatic rings. The monoisotopic (exact) mass is 324 g/mol. The standard InChI is InChI=1S/C17H20N6O/c18-15-21-16(19)23(17(22-15)8-4-1-5-9-17)13-7-3-2-6-12(13)14-20-10-11-24-14/h2-3,6-7,10-11H,1,4-5,8-9H2,(H4,18,19,21,22). The molecule has 0 radical (unpaired) electrons. The third-order valence-electron chi connectivity index (χ3n) is 4.66. The maximum Gasteiger partial charge on any atom is 0.227 e.